The van der Waals surface area contributed by atoms with Crippen LogP contribution in [0.1, 0.15) is 45.5 Å². The van der Waals surface area contributed by atoms with Crippen molar-refractivity contribution in [2.45, 2.75) is 31.1 Å². The van der Waals surface area contributed by atoms with Crippen molar-refractivity contribution in [2.75, 3.05) is 33.9 Å². The summed E-state index contributed by atoms with van der Waals surface area (Å²) in [4.78, 5) is 25.1. The third-order valence-corrected chi connectivity index (χ3v) is 7.44. The second-order valence-electron chi connectivity index (χ2n) is 7.51. The molecule has 1 aliphatic rings. The fourth-order valence-electron chi connectivity index (χ4n) is 3.56. The van der Waals surface area contributed by atoms with Gasteiger partial charge < -0.3 is 14.2 Å². The van der Waals surface area contributed by atoms with Crippen molar-refractivity contribution in [2.24, 2.45) is 0 Å². The van der Waals surface area contributed by atoms with Crippen molar-refractivity contribution in [3.05, 3.63) is 53.1 Å². The van der Waals surface area contributed by atoms with Gasteiger partial charge in [-0.3, -0.25) is 4.79 Å². The molecule has 1 fully saturated rings. The standard InChI is InChI=1S/C23H27NO7S/c1-16-7-8-18(14-22(16)32(27,28)24-11-5-4-6-12-24)23(26)31-15-19(25)17-9-10-20(29-2)21(13-17)30-3/h7-10,13-14H,4-6,11-12,15H2,1-3H3. The predicted octanol–water partition coefficient (Wildman–Crippen LogP) is 3.23. The maximum absolute atomic E-state index is 13.0. The van der Waals surface area contributed by atoms with E-state index in [0.717, 1.165) is 19.3 Å². The van der Waals surface area contributed by atoms with Crippen molar-refractivity contribution >= 4 is 21.8 Å². The molecule has 0 aliphatic carbocycles. The van der Waals surface area contributed by atoms with Gasteiger partial charge in [0.1, 0.15) is 0 Å². The first-order valence-corrected chi connectivity index (χ1v) is 11.7. The summed E-state index contributed by atoms with van der Waals surface area (Å²) in [5.41, 5.74) is 0.924. The molecule has 1 heterocycles. The van der Waals surface area contributed by atoms with Crippen molar-refractivity contribution in [3.8, 4) is 11.5 Å². The van der Waals surface area contributed by atoms with Crippen LogP contribution in [0.4, 0.5) is 0 Å². The summed E-state index contributed by atoms with van der Waals surface area (Å²) in [6.07, 6.45) is 2.64. The number of carbonyl (C=O) groups is 2. The van der Waals surface area contributed by atoms with Crippen LogP contribution < -0.4 is 9.47 Å². The van der Waals surface area contributed by atoms with Crippen LogP contribution in [-0.4, -0.2) is 58.4 Å². The predicted molar refractivity (Wildman–Crippen MR) is 118 cm³/mol. The van der Waals surface area contributed by atoms with Gasteiger partial charge in [-0.15, -0.1) is 0 Å². The van der Waals surface area contributed by atoms with E-state index in [-0.39, 0.29) is 10.5 Å². The number of rotatable bonds is 8. The minimum absolute atomic E-state index is 0.0753. The van der Waals surface area contributed by atoms with Gasteiger partial charge in [-0.05, 0) is 55.7 Å². The lowest BCUT2D eigenvalue weighted by atomic mass is 10.1. The number of benzene rings is 2. The second-order valence-corrected chi connectivity index (χ2v) is 9.42. The number of methoxy groups -OCH3 is 2. The maximum Gasteiger partial charge on any atom is 0.338 e. The number of nitrogens with zero attached hydrogens (tertiary/aromatic N) is 1. The Hall–Kier alpha value is -2.91. The van der Waals surface area contributed by atoms with E-state index in [4.69, 9.17) is 14.2 Å². The van der Waals surface area contributed by atoms with E-state index in [1.807, 2.05) is 0 Å². The molecule has 3 rings (SSSR count). The summed E-state index contributed by atoms with van der Waals surface area (Å²) in [6.45, 7) is 2.13. The normalized spacial score (nSPS) is 14.6. The minimum Gasteiger partial charge on any atom is -0.493 e. The van der Waals surface area contributed by atoms with Gasteiger partial charge in [0.2, 0.25) is 10.0 Å². The molecule has 0 spiro atoms. The van der Waals surface area contributed by atoms with Crippen LogP contribution in [0.25, 0.3) is 0 Å². The lowest BCUT2D eigenvalue weighted by Gasteiger charge is -2.26. The fourth-order valence-corrected chi connectivity index (χ4v) is 5.32. The van der Waals surface area contributed by atoms with Gasteiger partial charge in [0, 0.05) is 18.7 Å². The first kappa shape index (κ1) is 23.7. The van der Waals surface area contributed by atoms with Crippen molar-refractivity contribution in [1.29, 1.82) is 0 Å². The molecular weight excluding hydrogens is 434 g/mol. The molecule has 8 nitrogen and oxygen atoms in total. The number of sulfonamides is 1. The molecule has 9 heteroatoms. The van der Waals surface area contributed by atoms with Crippen LogP contribution >= 0.6 is 0 Å². The summed E-state index contributed by atoms with van der Waals surface area (Å²) in [6, 6.07) is 9.03. The highest BCUT2D eigenvalue weighted by molar-refractivity contribution is 7.89. The second kappa shape index (κ2) is 10.1. The lowest BCUT2D eigenvalue weighted by molar-refractivity contribution is 0.0474. The Balaban J connectivity index is 1.73. The summed E-state index contributed by atoms with van der Waals surface area (Å²) in [5.74, 6) is -0.333. The van der Waals surface area contributed by atoms with Gasteiger partial charge in [0.15, 0.2) is 23.9 Å². The number of carbonyl (C=O) groups excluding carboxylic acids is 2. The zero-order chi connectivity index (χ0) is 23.3. The summed E-state index contributed by atoms with van der Waals surface area (Å²) < 4.78 is 43.0. The van der Waals surface area contributed by atoms with Crippen LogP contribution in [0.3, 0.4) is 0 Å². The summed E-state index contributed by atoms with van der Waals surface area (Å²) in [7, 11) is -0.759. The molecule has 0 atom stereocenters. The summed E-state index contributed by atoms with van der Waals surface area (Å²) in [5, 5.41) is 0. The Bertz CT molecular complexity index is 1110. The number of ketones is 1. The van der Waals surface area contributed by atoms with E-state index in [2.05, 4.69) is 0 Å². The Kier molecular flexibility index (Phi) is 7.52. The smallest absolute Gasteiger partial charge is 0.338 e. The summed E-state index contributed by atoms with van der Waals surface area (Å²) >= 11 is 0. The molecule has 0 bridgehead atoms. The average Bonchev–Trinajstić information content (AvgIpc) is 2.82. The molecule has 2 aromatic carbocycles. The topological polar surface area (TPSA) is 99.2 Å². The van der Waals surface area contributed by atoms with Crippen LogP contribution in [0.15, 0.2) is 41.3 Å². The highest BCUT2D eigenvalue weighted by Gasteiger charge is 2.28. The Morgan fingerprint density at radius 2 is 1.56 bits per heavy atom. The van der Waals surface area contributed by atoms with E-state index in [1.165, 1.54) is 36.7 Å². The molecule has 1 aliphatic heterocycles. The zero-order valence-electron chi connectivity index (χ0n) is 18.4. The van der Waals surface area contributed by atoms with Crippen molar-refractivity contribution in [3.63, 3.8) is 0 Å². The number of esters is 1. The number of hydrogen-bond donors (Lipinski definition) is 0. The SMILES string of the molecule is COc1ccc(C(=O)COC(=O)c2ccc(C)c(S(=O)(=O)N3CCCCC3)c2)cc1OC. The average molecular weight is 462 g/mol. The van der Waals surface area contributed by atoms with Crippen molar-refractivity contribution < 1.29 is 32.2 Å². The third kappa shape index (κ3) is 5.11. The van der Waals surface area contributed by atoms with Gasteiger partial charge in [0.25, 0.3) is 0 Å². The van der Waals surface area contributed by atoms with E-state index in [9.17, 15) is 18.0 Å². The molecule has 0 amide bonds. The maximum atomic E-state index is 13.0. The largest absolute Gasteiger partial charge is 0.493 e. The highest BCUT2D eigenvalue weighted by Crippen LogP contribution is 2.28. The molecule has 0 radical (unpaired) electrons. The van der Waals surface area contributed by atoms with Crippen molar-refractivity contribution in [1.82, 2.24) is 4.31 Å². The fraction of sp³-hybridized carbons (Fsp3) is 0.391. The molecular formula is C23H27NO7S. The minimum atomic E-state index is -3.70. The van der Waals surface area contributed by atoms with Crippen LogP contribution in [0.5, 0.6) is 11.5 Å². The molecule has 0 aromatic heterocycles. The molecule has 2 aromatic rings. The molecule has 0 unspecified atom stereocenters. The molecule has 1 saturated heterocycles. The quantitative estimate of drug-likeness (QED) is 0.440. The third-order valence-electron chi connectivity index (χ3n) is 5.40. The molecule has 32 heavy (non-hydrogen) atoms. The Morgan fingerprint density at radius 1 is 0.906 bits per heavy atom. The Labute approximate surface area is 188 Å². The Morgan fingerprint density at radius 3 is 2.22 bits per heavy atom. The van der Waals surface area contributed by atoms with E-state index >= 15 is 0 Å². The monoisotopic (exact) mass is 461 g/mol. The van der Waals surface area contributed by atoms with E-state index in [1.54, 1.807) is 25.1 Å². The van der Waals surface area contributed by atoms with Gasteiger partial charge in [-0.25, -0.2) is 13.2 Å². The number of aryl methyl sites for hydroxylation is 1. The molecule has 172 valence electrons. The lowest BCUT2D eigenvalue weighted by Crippen LogP contribution is -2.36. The van der Waals surface area contributed by atoms with Crippen LogP contribution in [0.2, 0.25) is 0 Å². The molecule has 0 N–H and O–H groups in total. The number of Topliss-reactive ketones (excluding diaryl/α,β-unsaturated/α-hetero) is 1. The first-order valence-electron chi connectivity index (χ1n) is 10.3. The van der Waals surface area contributed by atoms with Crippen LogP contribution in [0, 0.1) is 6.92 Å². The van der Waals surface area contributed by atoms with Crippen LogP contribution in [-0.2, 0) is 14.8 Å². The van der Waals surface area contributed by atoms with E-state index < -0.39 is 28.4 Å². The van der Waals surface area contributed by atoms with E-state index in [0.29, 0.717) is 35.7 Å². The highest BCUT2D eigenvalue weighted by atomic mass is 32.2. The number of hydrogen-bond acceptors (Lipinski definition) is 7. The number of ether oxygens (including phenoxy) is 3. The molecule has 0 saturated carbocycles. The number of piperidine rings is 1. The van der Waals surface area contributed by atoms with Gasteiger partial charge in [-0.2, -0.15) is 4.31 Å². The van der Waals surface area contributed by atoms with Gasteiger partial charge in [0.05, 0.1) is 24.7 Å². The first-order chi connectivity index (χ1) is 15.3. The zero-order valence-corrected chi connectivity index (χ0v) is 19.2. The van der Waals surface area contributed by atoms with Gasteiger partial charge in [-0.1, -0.05) is 12.5 Å². The van der Waals surface area contributed by atoms with Gasteiger partial charge >= 0.3 is 5.97 Å².